The van der Waals surface area contributed by atoms with E-state index in [1.807, 2.05) is 7.05 Å². The van der Waals surface area contributed by atoms with Gasteiger partial charge in [-0.15, -0.1) is 0 Å². The number of nitrogens with one attached hydrogen (secondary N) is 1. The number of ether oxygens (including phenoxy) is 1. The molecular weight excluding hydrogens is 202 g/mol. The molecule has 16 heavy (non-hydrogen) atoms. The van der Waals surface area contributed by atoms with Crippen molar-refractivity contribution in [1.29, 1.82) is 0 Å². The van der Waals surface area contributed by atoms with Crippen LogP contribution >= 0.6 is 0 Å². The maximum Gasteiger partial charge on any atom is 0.0614 e. The Morgan fingerprint density at radius 1 is 1.31 bits per heavy atom. The second kappa shape index (κ2) is 5.48. The standard InChI is InChI=1S/C13H25NO2/c1-14-13(10-15)7-6-12(8-13)16-9-11-4-2-3-5-11/h11-12,14-15H,2-10H2,1H3. The number of aliphatic hydroxyl groups is 1. The van der Waals surface area contributed by atoms with Gasteiger partial charge in [0.05, 0.1) is 12.7 Å². The first-order valence-electron chi connectivity index (χ1n) is 6.69. The number of hydrogen-bond donors (Lipinski definition) is 2. The van der Waals surface area contributed by atoms with Crippen LogP contribution in [-0.2, 0) is 4.74 Å². The van der Waals surface area contributed by atoms with E-state index in [9.17, 15) is 5.11 Å². The lowest BCUT2D eigenvalue weighted by Gasteiger charge is -2.26. The third-order valence-electron chi connectivity index (χ3n) is 4.44. The highest BCUT2D eigenvalue weighted by Gasteiger charge is 2.38. The van der Waals surface area contributed by atoms with Gasteiger partial charge < -0.3 is 15.2 Å². The summed E-state index contributed by atoms with van der Waals surface area (Å²) >= 11 is 0. The molecule has 94 valence electrons. The van der Waals surface area contributed by atoms with E-state index in [4.69, 9.17) is 4.74 Å². The quantitative estimate of drug-likeness (QED) is 0.751. The zero-order valence-corrected chi connectivity index (χ0v) is 10.4. The van der Waals surface area contributed by atoms with Crippen molar-refractivity contribution in [3.8, 4) is 0 Å². The van der Waals surface area contributed by atoms with Gasteiger partial charge in [0.2, 0.25) is 0 Å². The second-order valence-electron chi connectivity index (χ2n) is 5.54. The Morgan fingerprint density at radius 2 is 2.06 bits per heavy atom. The number of aliphatic hydroxyl groups excluding tert-OH is 1. The number of likely N-dealkylation sites (N-methyl/N-ethyl adjacent to an activating group) is 1. The van der Waals surface area contributed by atoms with Crippen molar-refractivity contribution in [2.24, 2.45) is 5.92 Å². The van der Waals surface area contributed by atoms with Crippen LogP contribution < -0.4 is 5.32 Å². The fourth-order valence-corrected chi connectivity index (χ4v) is 3.12. The Labute approximate surface area is 98.6 Å². The lowest BCUT2D eigenvalue weighted by molar-refractivity contribution is 0.0266. The van der Waals surface area contributed by atoms with Crippen LogP contribution in [0.2, 0.25) is 0 Å². The molecule has 2 rings (SSSR count). The van der Waals surface area contributed by atoms with Gasteiger partial charge in [0.25, 0.3) is 0 Å². The van der Waals surface area contributed by atoms with Crippen molar-refractivity contribution in [1.82, 2.24) is 5.32 Å². The molecule has 0 radical (unpaired) electrons. The van der Waals surface area contributed by atoms with Crippen LogP contribution in [0.3, 0.4) is 0 Å². The van der Waals surface area contributed by atoms with Crippen molar-refractivity contribution in [2.75, 3.05) is 20.3 Å². The fourth-order valence-electron chi connectivity index (χ4n) is 3.12. The van der Waals surface area contributed by atoms with Gasteiger partial charge in [0.1, 0.15) is 0 Å². The summed E-state index contributed by atoms with van der Waals surface area (Å²) in [6.07, 6.45) is 8.93. The van der Waals surface area contributed by atoms with Gasteiger partial charge >= 0.3 is 0 Å². The number of rotatable bonds is 5. The van der Waals surface area contributed by atoms with Crippen molar-refractivity contribution in [3.05, 3.63) is 0 Å². The molecule has 0 aliphatic heterocycles. The molecule has 0 aromatic heterocycles. The normalized spacial score (nSPS) is 36.0. The third-order valence-corrected chi connectivity index (χ3v) is 4.44. The average Bonchev–Trinajstić information content (AvgIpc) is 2.96. The summed E-state index contributed by atoms with van der Waals surface area (Å²) < 4.78 is 5.99. The van der Waals surface area contributed by atoms with E-state index in [0.29, 0.717) is 6.10 Å². The fraction of sp³-hybridized carbons (Fsp3) is 1.00. The zero-order valence-electron chi connectivity index (χ0n) is 10.4. The lowest BCUT2D eigenvalue weighted by atomic mass is 9.99. The van der Waals surface area contributed by atoms with Gasteiger partial charge in [-0.1, -0.05) is 12.8 Å². The first-order chi connectivity index (χ1) is 7.78. The lowest BCUT2D eigenvalue weighted by Crippen LogP contribution is -2.44. The van der Waals surface area contributed by atoms with Gasteiger partial charge in [-0.05, 0) is 45.1 Å². The monoisotopic (exact) mass is 227 g/mol. The average molecular weight is 227 g/mol. The van der Waals surface area contributed by atoms with Crippen molar-refractivity contribution in [3.63, 3.8) is 0 Å². The molecule has 0 saturated heterocycles. The topological polar surface area (TPSA) is 41.5 Å². The Morgan fingerprint density at radius 3 is 2.62 bits per heavy atom. The first-order valence-corrected chi connectivity index (χ1v) is 6.69. The molecular formula is C13H25NO2. The highest BCUT2D eigenvalue weighted by molar-refractivity contribution is 4.95. The molecule has 0 aromatic carbocycles. The Bertz CT molecular complexity index is 210. The maximum absolute atomic E-state index is 9.40. The molecule has 0 bridgehead atoms. The van der Waals surface area contributed by atoms with Crippen LogP contribution in [0.4, 0.5) is 0 Å². The first kappa shape index (κ1) is 12.3. The predicted octanol–water partition coefficient (Wildman–Crippen LogP) is 1.70. The largest absolute Gasteiger partial charge is 0.394 e. The van der Waals surface area contributed by atoms with Crippen LogP contribution in [0.1, 0.15) is 44.9 Å². The maximum atomic E-state index is 9.40. The van der Waals surface area contributed by atoms with E-state index in [-0.39, 0.29) is 12.1 Å². The van der Waals surface area contributed by atoms with E-state index in [1.54, 1.807) is 0 Å². The smallest absolute Gasteiger partial charge is 0.0614 e. The summed E-state index contributed by atoms with van der Waals surface area (Å²) in [7, 11) is 1.94. The van der Waals surface area contributed by atoms with Gasteiger partial charge in [0, 0.05) is 12.1 Å². The molecule has 3 heteroatoms. The van der Waals surface area contributed by atoms with E-state index in [2.05, 4.69) is 5.32 Å². The van der Waals surface area contributed by atoms with Crippen LogP contribution in [0.5, 0.6) is 0 Å². The summed E-state index contributed by atoms with van der Waals surface area (Å²) in [6, 6.07) is 0. The zero-order chi connectivity index (χ0) is 11.4. The summed E-state index contributed by atoms with van der Waals surface area (Å²) in [5, 5.41) is 12.7. The van der Waals surface area contributed by atoms with E-state index in [0.717, 1.165) is 31.8 Å². The molecule has 0 aromatic rings. The minimum atomic E-state index is -0.0691. The third kappa shape index (κ3) is 2.76. The molecule has 2 fully saturated rings. The SMILES string of the molecule is CNC1(CO)CCC(OCC2CCCC2)C1. The number of hydrogen-bond acceptors (Lipinski definition) is 3. The van der Waals surface area contributed by atoms with E-state index < -0.39 is 0 Å². The second-order valence-corrected chi connectivity index (χ2v) is 5.54. The van der Waals surface area contributed by atoms with Crippen molar-refractivity contribution in [2.45, 2.75) is 56.6 Å². The van der Waals surface area contributed by atoms with Gasteiger partial charge in [0.15, 0.2) is 0 Å². The molecule has 0 spiro atoms. The van der Waals surface area contributed by atoms with Gasteiger partial charge in [-0.2, -0.15) is 0 Å². The van der Waals surface area contributed by atoms with Crippen LogP contribution in [-0.4, -0.2) is 37.0 Å². The Kier molecular flexibility index (Phi) is 4.22. The molecule has 2 aliphatic carbocycles. The molecule has 2 unspecified atom stereocenters. The van der Waals surface area contributed by atoms with Crippen LogP contribution in [0.25, 0.3) is 0 Å². The molecule has 2 saturated carbocycles. The van der Waals surface area contributed by atoms with E-state index in [1.165, 1.54) is 25.7 Å². The van der Waals surface area contributed by atoms with Gasteiger partial charge in [-0.25, -0.2) is 0 Å². The van der Waals surface area contributed by atoms with Crippen molar-refractivity contribution >= 4 is 0 Å². The van der Waals surface area contributed by atoms with Gasteiger partial charge in [-0.3, -0.25) is 0 Å². The summed E-state index contributed by atoms with van der Waals surface area (Å²) in [5.74, 6) is 0.804. The molecule has 2 N–H and O–H groups in total. The minimum absolute atomic E-state index is 0.0691. The van der Waals surface area contributed by atoms with E-state index >= 15 is 0 Å². The summed E-state index contributed by atoms with van der Waals surface area (Å²) in [4.78, 5) is 0. The van der Waals surface area contributed by atoms with Crippen LogP contribution in [0, 0.1) is 5.92 Å². The van der Waals surface area contributed by atoms with Crippen molar-refractivity contribution < 1.29 is 9.84 Å². The Hall–Kier alpha value is -0.120. The predicted molar refractivity (Wildman–Crippen MR) is 64.4 cm³/mol. The summed E-state index contributed by atoms with van der Waals surface area (Å²) in [5.41, 5.74) is -0.0691. The molecule has 3 nitrogen and oxygen atoms in total. The molecule has 2 aliphatic rings. The minimum Gasteiger partial charge on any atom is -0.394 e. The molecule has 0 amide bonds. The van der Waals surface area contributed by atoms with Crippen LogP contribution in [0.15, 0.2) is 0 Å². The summed E-state index contributed by atoms with van der Waals surface area (Å²) in [6.45, 7) is 1.17. The Balaban J connectivity index is 1.71. The molecule has 0 heterocycles. The highest BCUT2D eigenvalue weighted by Crippen LogP contribution is 2.33. The molecule has 2 atom stereocenters. The highest BCUT2D eigenvalue weighted by atomic mass is 16.5.